The number of carbonyl (C=O) groups is 2. The number of nitrogen functional groups attached to an aromatic ring is 1. The Labute approximate surface area is 228 Å². The van der Waals surface area contributed by atoms with Gasteiger partial charge >= 0.3 is 0 Å². The summed E-state index contributed by atoms with van der Waals surface area (Å²) in [7, 11) is 0. The average Bonchev–Trinajstić information content (AvgIpc) is 3.47. The summed E-state index contributed by atoms with van der Waals surface area (Å²) in [5, 5.41) is 19.1. The molecule has 0 saturated heterocycles. The monoisotopic (exact) mass is 538 g/mol. The molecule has 11 heteroatoms. The number of benzene rings is 3. The van der Waals surface area contributed by atoms with Gasteiger partial charge in [-0.1, -0.05) is 41.9 Å². The van der Waals surface area contributed by atoms with Gasteiger partial charge in [0.2, 0.25) is 11.8 Å². The molecule has 0 aliphatic rings. The second-order valence-electron chi connectivity index (χ2n) is 8.66. The summed E-state index contributed by atoms with van der Waals surface area (Å²) in [6.45, 7) is 0. The average molecular weight is 539 g/mol. The van der Waals surface area contributed by atoms with Crippen LogP contribution in [0.4, 0.5) is 11.5 Å². The lowest BCUT2D eigenvalue weighted by Crippen LogP contribution is -2.44. The number of pyridine rings is 1. The van der Waals surface area contributed by atoms with Crippen molar-refractivity contribution in [1.29, 1.82) is 0 Å². The Morgan fingerprint density at radius 3 is 2.69 bits per heavy atom. The van der Waals surface area contributed by atoms with Gasteiger partial charge in [0, 0.05) is 40.4 Å². The summed E-state index contributed by atoms with van der Waals surface area (Å²) in [5.74, 6) is -0.403. The zero-order valence-corrected chi connectivity index (χ0v) is 21.3. The van der Waals surface area contributed by atoms with Crippen molar-refractivity contribution in [3.63, 3.8) is 0 Å². The highest BCUT2D eigenvalue weighted by molar-refractivity contribution is 6.30. The van der Waals surface area contributed by atoms with Crippen molar-refractivity contribution in [3.05, 3.63) is 108 Å². The van der Waals surface area contributed by atoms with Gasteiger partial charge in [-0.2, -0.15) is 4.68 Å². The smallest absolute Gasteiger partial charge is 0.247 e. The maximum Gasteiger partial charge on any atom is 0.247 e. The van der Waals surface area contributed by atoms with E-state index in [-0.39, 0.29) is 5.91 Å². The number of rotatable bonds is 8. The van der Waals surface area contributed by atoms with E-state index in [2.05, 4.69) is 31.1 Å². The third-order valence-corrected chi connectivity index (χ3v) is 6.21. The number of hydrogen-bond donors (Lipinski definition) is 3. The molecule has 10 nitrogen and oxygen atoms in total. The molecule has 2 heterocycles. The minimum atomic E-state index is -0.846. The van der Waals surface area contributed by atoms with Gasteiger partial charge < -0.3 is 16.4 Å². The number of hydrogen-bond acceptors (Lipinski definition) is 7. The zero-order chi connectivity index (χ0) is 27.2. The summed E-state index contributed by atoms with van der Waals surface area (Å²) in [4.78, 5) is 30.4. The number of aromatic nitrogens is 5. The van der Waals surface area contributed by atoms with Gasteiger partial charge in [-0.05, 0) is 69.9 Å². The molecule has 194 valence electrons. The predicted octanol–water partition coefficient (Wildman–Crippen LogP) is 3.83. The molecule has 0 spiro atoms. The van der Waals surface area contributed by atoms with E-state index in [0.29, 0.717) is 34.2 Å². The van der Waals surface area contributed by atoms with E-state index in [1.807, 2.05) is 42.5 Å². The molecule has 0 bridgehead atoms. The summed E-state index contributed by atoms with van der Waals surface area (Å²) in [6.07, 6.45) is 6.29. The Kier molecular flexibility index (Phi) is 7.56. The van der Waals surface area contributed by atoms with E-state index in [4.69, 9.17) is 17.3 Å². The first kappa shape index (κ1) is 25.6. The van der Waals surface area contributed by atoms with Gasteiger partial charge in [-0.25, -0.2) is 4.98 Å². The molecule has 0 radical (unpaired) electrons. The van der Waals surface area contributed by atoms with Crippen LogP contribution >= 0.6 is 11.6 Å². The number of nitrogens with one attached hydrogen (secondary N) is 2. The minimum absolute atomic E-state index is 0.295. The molecule has 4 N–H and O–H groups in total. The molecular formula is C28H23ClN8O2. The minimum Gasteiger partial charge on any atom is -0.383 e. The number of nitrogens with two attached hydrogens (primary N) is 1. The summed E-state index contributed by atoms with van der Waals surface area (Å²) >= 11 is 6.17. The first-order valence-corrected chi connectivity index (χ1v) is 12.3. The van der Waals surface area contributed by atoms with Crippen molar-refractivity contribution in [2.24, 2.45) is 0 Å². The van der Waals surface area contributed by atoms with Crippen molar-refractivity contribution in [1.82, 2.24) is 30.5 Å². The molecule has 1 atom stereocenters. The van der Waals surface area contributed by atoms with E-state index in [9.17, 15) is 9.59 Å². The molecule has 0 saturated carbocycles. The normalized spacial score (nSPS) is 11.9. The Morgan fingerprint density at radius 2 is 1.90 bits per heavy atom. The van der Waals surface area contributed by atoms with Crippen molar-refractivity contribution >= 4 is 51.8 Å². The number of nitrogens with zero attached hydrogens (tertiary/aromatic N) is 5. The molecule has 39 heavy (non-hydrogen) atoms. The van der Waals surface area contributed by atoms with E-state index in [1.165, 1.54) is 17.1 Å². The molecule has 2 amide bonds. The van der Waals surface area contributed by atoms with Crippen LogP contribution in [0.3, 0.4) is 0 Å². The molecule has 2 aromatic heterocycles. The number of halogens is 1. The molecule has 5 rings (SSSR count). The number of tetrazole rings is 1. The Balaban J connectivity index is 1.36. The second kappa shape index (κ2) is 11.5. The van der Waals surface area contributed by atoms with E-state index in [1.54, 1.807) is 42.6 Å². The van der Waals surface area contributed by atoms with Gasteiger partial charge in [-0.15, -0.1) is 5.10 Å². The number of fused-ring (bicyclic) bond motifs is 1. The number of anilines is 2. The highest BCUT2D eigenvalue weighted by atomic mass is 35.5. The third-order valence-electron chi connectivity index (χ3n) is 5.98. The number of amides is 2. The quantitative estimate of drug-likeness (QED) is 0.255. The predicted molar refractivity (Wildman–Crippen MR) is 150 cm³/mol. The number of carbonyl (C=O) groups excluding carboxylic acids is 2. The Morgan fingerprint density at radius 1 is 1.05 bits per heavy atom. The maximum atomic E-state index is 13.4. The van der Waals surface area contributed by atoms with Crippen molar-refractivity contribution < 1.29 is 9.59 Å². The first-order valence-electron chi connectivity index (χ1n) is 12.0. The van der Waals surface area contributed by atoms with Crippen molar-refractivity contribution in [2.45, 2.75) is 12.5 Å². The summed E-state index contributed by atoms with van der Waals surface area (Å²) < 4.78 is 1.47. The van der Waals surface area contributed by atoms with Crippen LogP contribution in [0.15, 0.2) is 91.4 Å². The second-order valence-corrected chi connectivity index (χ2v) is 9.10. The molecule has 3 aromatic carbocycles. The van der Waals surface area contributed by atoms with E-state index < -0.39 is 11.9 Å². The fourth-order valence-corrected chi connectivity index (χ4v) is 4.27. The van der Waals surface area contributed by atoms with Crippen LogP contribution in [0.25, 0.3) is 22.5 Å². The molecule has 0 unspecified atom stereocenters. The molecular weight excluding hydrogens is 516 g/mol. The molecule has 0 fully saturated rings. The summed E-state index contributed by atoms with van der Waals surface area (Å²) in [5.41, 5.74) is 8.68. The largest absolute Gasteiger partial charge is 0.383 e. The van der Waals surface area contributed by atoms with Gasteiger partial charge in [0.1, 0.15) is 18.2 Å². The van der Waals surface area contributed by atoms with Gasteiger partial charge in [-0.3, -0.25) is 9.59 Å². The van der Waals surface area contributed by atoms with Gasteiger partial charge in [0.15, 0.2) is 0 Å². The van der Waals surface area contributed by atoms with Crippen LogP contribution in [0.2, 0.25) is 5.02 Å². The van der Waals surface area contributed by atoms with Gasteiger partial charge in [0.25, 0.3) is 0 Å². The van der Waals surface area contributed by atoms with Crippen LogP contribution in [-0.2, 0) is 16.0 Å². The topological polar surface area (TPSA) is 141 Å². The van der Waals surface area contributed by atoms with E-state index >= 15 is 0 Å². The van der Waals surface area contributed by atoms with Crippen LogP contribution in [0.5, 0.6) is 0 Å². The molecule has 0 aliphatic carbocycles. The Hall–Kier alpha value is -5.09. The Bertz CT molecular complexity index is 1660. The van der Waals surface area contributed by atoms with Crippen LogP contribution in [-0.4, -0.2) is 43.0 Å². The highest BCUT2D eigenvalue weighted by Crippen LogP contribution is 2.23. The van der Waals surface area contributed by atoms with Crippen molar-refractivity contribution in [3.8, 4) is 5.69 Å². The zero-order valence-electron chi connectivity index (χ0n) is 20.5. The third kappa shape index (κ3) is 6.25. The lowest BCUT2D eigenvalue weighted by molar-refractivity contribution is -0.123. The molecule has 5 aromatic rings. The van der Waals surface area contributed by atoms with Crippen molar-refractivity contribution in [2.75, 3.05) is 11.1 Å². The van der Waals surface area contributed by atoms with Crippen LogP contribution in [0.1, 0.15) is 11.1 Å². The maximum absolute atomic E-state index is 13.4. The van der Waals surface area contributed by atoms with Crippen LogP contribution in [0, 0.1) is 0 Å². The lowest BCUT2D eigenvalue weighted by Gasteiger charge is -2.18. The SMILES string of the molecule is Nc1nccc2cc(NC(=O)[C@H](Cc3ccccc3)NC(=O)C=Cc3cc(Cl)ccc3-n3cnnn3)ccc12. The summed E-state index contributed by atoms with van der Waals surface area (Å²) in [6, 6.07) is 20.9. The highest BCUT2D eigenvalue weighted by Gasteiger charge is 2.21. The fraction of sp³-hybridized carbons (Fsp3) is 0.0714. The molecule has 0 aliphatic heterocycles. The van der Waals surface area contributed by atoms with Gasteiger partial charge in [0.05, 0.1) is 5.69 Å². The van der Waals surface area contributed by atoms with Crippen LogP contribution < -0.4 is 16.4 Å². The first-order chi connectivity index (χ1) is 19.0. The standard InChI is InChI=1S/C28H23ClN8O2/c29-21-7-10-25(37-17-32-35-36-37)20(15-21)6-11-26(38)34-24(14-18-4-2-1-3-5-18)28(39)33-22-8-9-23-19(16-22)12-13-31-27(23)30/h1-13,15-17,24H,14H2,(H2,30,31)(H,33,39)(H,34,38)/t24-/m0/s1. The fourth-order valence-electron chi connectivity index (χ4n) is 4.09. The van der Waals surface area contributed by atoms with E-state index in [0.717, 1.165) is 16.3 Å². The lowest BCUT2D eigenvalue weighted by atomic mass is 10.0.